The molecular formula is C23H21Cl2N3O4. The second-order valence-electron chi connectivity index (χ2n) is 7.78. The van der Waals surface area contributed by atoms with Crippen molar-refractivity contribution < 1.29 is 19.5 Å². The number of halogens is 2. The standard InChI is InChI=1S/C23H21Cl2N3O4/c24-14-9-10-18(29)17(12-14)27-21(30)13-5-4-6-15(11-13)26-20-19(25)22(31)28(23(20)32)16-7-2-1-3-8-16/h4-6,9-12,16,26,29H,1-3,7-8H2,(H,27,30). The highest BCUT2D eigenvalue weighted by atomic mass is 35.5. The summed E-state index contributed by atoms with van der Waals surface area (Å²) in [5.41, 5.74) is 0.873. The van der Waals surface area contributed by atoms with E-state index in [1.54, 1.807) is 18.2 Å². The van der Waals surface area contributed by atoms with E-state index in [9.17, 15) is 19.5 Å². The number of hydrogen-bond acceptors (Lipinski definition) is 5. The molecule has 1 aliphatic heterocycles. The van der Waals surface area contributed by atoms with E-state index in [1.807, 2.05) is 0 Å². The van der Waals surface area contributed by atoms with Crippen LogP contribution in [0.1, 0.15) is 42.5 Å². The number of nitrogens with one attached hydrogen (secondary N) is 2. The van der Waals surface area contributed by atoms with Gasteiger partial charge in [0.05, 0.1) is 5.69 Å². The highest BCUT2D eigenvalue weighted by Crippen LogP contribution is 2.32. The third kappa shape index (κ3) is 4.45. The molecular weight excluding hydrogens is 453 g/mol. The number of carbonyl (C=O) groups excluding carboxylic acids is 3. The number of anilines is 2. The Balaban J connectivity index is 1.51. The van der Waals surface area contributed by atoms with Crippen molar-refractivity contribution in [3.63, 3.8) is 0 Å². The zero-order chi connectivity index (χ0) is 22.8. The third-order valence-corrected chi connectivity index (χ3v) is 6.19. The molecule has 2 aromatic rings. The Morgan fingerprint density at radius 3 is 2.50 bits per heavy atom. The fraction of sp³-hybridized carbons (Fsp3) is 0.261. The molecule has 3 N–H and O–H groups in total. The SMILES string of the molecule is O=C(Nc1cc(Cl)ccc1O)c1cccc(NC2=C(Cl)C(=O)N(C3CCCCC3)C2=O)c1. The van der Waals surface area contributed by atoms with Gasteiger partial charge >= 0.3 is 0 Å². The topological polar surface area (TPSA) is 98.7 Å². The van der Waals surface area contributed by atoms with Gasteiger partial charge in [0.1, 0.15) is 16.5 Å². The lowest BCUT2D eigenvalue weighted by molar-refractivity contribution is -0.140. The van der Waals surface area contributed by atoms with Crippen LogP contribution in [0.25, 0.3) is 0 Å². The number of aromatic hydroxyl groups is 1. The molecule has 7 nitrogen and oxygen atoms in total. The van der Waals surface area contributed by atoms with Crippen molar-refractivity contribution in [2.24, 2.45) is 0 Å². The van der Waals surface area contributed by atoms with Gasteiger partial charge < -0.3 is 15.7 Å². The Bertz CT molecular complexity index is 1130. The summed E-state index contributed by atoms with van der Waals surface area (Å²) in [6.45, 7) is 0. The number of benzene rings is 2. The van der Waals surface area contributed by atoms with E-state index < -0.39 is 17.7 Å². The first-order valence-electron chi connectivity index (χ1n) is 10.3. The van der Waals surface area contributed by atoms with Crippen molar-refractivity contribution in [1.82, 2.24) is 4.90 Å². The number of nitrogens with zero attached hydrogens (tertiary/aromatic N) is 1. The van der Waals surface area contributed by atoms with E-state index in [0.29, 0.717) is 10.7 Å². The van der Waals surface area contributed by atoms with Gasteiger partial charge in [-0.05, 0) is 49.2 Å². The summed E-state index contributed by atoms with van der Waals surface area (Å²) in [6, 6.07) is 10.6. The molecule has 1 fully saturated rings. The monoisotopic (exact) mass is 473 g/mol. The van der Waals surface area contributed by atoms with Crippen LogP contribution in [-0.4, -0.2) is 33.8 Å². The molecule has 3 amide bonds. The van der Waals surface area contributed by atoms with Crippen LogP contribution in [0, 0.1) is 0 Å². The fourth-order valence-corrected chi connectivity index (χ4v) is 4.38. The first-order valence-corrected chi connectivity index (χ1v) is 11.1. The zero-order valence-corrected chi connectivity index (χ0v) is 18.5. The summed E-state index contributed by atoms with van der Waals surface area (Å²) >= 11 is 12.1. The van der Waals surface area contributed by atoms with Gasteiger partial charge in [-0.15, -0.1) is 0 Å². The van der Waals surface area contributed by atoms with Gasteiger partial charge in [0, 0.05) is 22.3 Å². The van der Waals surface area contributed by atoms with Crippen molar-refractivity contribution >= 4 is 52.3 Å². The molecule has 4 rings (SSSR count). The summed E-state index contributed by atoms with van der Waals surface area (Å²) in [5, 5.41) is 15.6. The molecule has 1 heterocycles. The second-order valence-corrected chi connectivity index (χ2v) is 8.60. The molecule has 2 aliphatic rings. The van der Waals surface area contributed by atoms with E-state index in [4.69, 9.17) is 23.2 Å². The van der Waals surface area contributed by atoms with Crippen molar-refractivity contribution in [3.05, 3.63) is 63.8 Å². The van der Waals surface area contributed by atoms with Crippen LogP contribution in [0.4, 0.5) is 11.4 Å². The fourth-order valence-electron chi connectivity index (χ4n) is 3.98. The Morgan fingerprint density at radius 1 is 1.00 bits per heavy atom. The lowest BCUT2D eigenvalue weighted by Gasteiger charge is -2.29. The molecule has 0 spiro atoms. The molecule has 0 atom stereocenters. The van der Waals surface area contributed by atoms with Gasteiger partial charge in [0.2, 0.25) is 0 Å². The largest absolute Gasteiger partial charge is 0.506 e. The third-order valence-electron chi connectivity index (χ3n) is 5.60. The molecule has 166 valence electrons. The molecule has 2 aromatic carbocycles. The van der Waals surface area contributed by atoms with E-state index in [0.717, 1.165) is 32.1 Å². The summed E-state index contributed by atoms with van der Waals surface area (Å²) in [7, 11) is 0. The molecule has 0 unspecified atom stereocenters. The number of rotatable bonds is 5. The Labute approximate surface area is 195 Å². The molecule has 0 bridgehead atoms. The van der Waals surface area contributed by atoms with Crippen LogP contribution in [0.5, 0.6) is 5.75 Å². The molecule has 32 heavy (non-hydrogen) atoms. The van der Waals surface area contributed by atoms with Gasteiger partial charge in [-0.25, -0.2) is 0 Å². The van der Waals surface area contributed by atoms with E-state index in [1.165, 1.54) is 29.2 Å². The maximum atomic E-state index is 12.9. The lowest BCUT2D eigenvalue weighted by atomic mass is 9.94. The van der Waals surface area contributed by atoms with Crippen LogP contribution in [0.15, 0.2) is 53.2 Å². The summed E-state index contributed by atoms with van der Waals surface area (Å²) in [5.74, 6) is -1.54. The highest BCUT2D eigenvalue weighted by Gasteiger charge is 2.42. The van der Waals surface area contributed by atoms with Crippen molar-refractivity contribution in [2.45, 2.75) is 38.1 Å². The first kappa shape index (κ1) is 22.2. The normalized spacial score (nSPS) is 17.1. The van der Waals surface area contributed by atoms with Gasteiger partial charge in [0.25, 0.3) is 17.7 Å². The molecule has 0 saturated heterocycles. The van der Waals surface area contributed by atoms with E-state index in [-0.39, 0.29) is 33.8 Å². The molecule has 0 radical (unpaired) electrons. The molecule has 1 saturated carbocycles. The number of phenols is 1. The predicted molar refractivity (Wildman–Crippen MR) is 123 cm³/mol. The summed E-state index contributed by atoms with van der Waals surface area (Å²) in [6.07, 6.45) is 4.60. The number of carbonyl (C=O) groups is 3. The highest BCUT2D eigenvalue weighted by molar-refractivity contribution is 6.48. The minimum atomic E-state index is -0.489. The summed E-state index contributed by atoms with van der Waals surface area (Å²) < 4.78 is 0. The Morgan fingerprint density at radius 2 is 1.75 bits per heavy atom. The molecule has 0 aromatic heterocycles. The van der Waals surface area contributed by atoms with Crippen LogP contribution in [0.3, 0.4) is 0 Å². The zero-order valence-electron chi connectivity index (χ0n) is 17.0. The number of hydrogen-bond donors (Lipinski definition) is 3. The number of amides is 3. The average Bonchev–Trinajstić information content (AvgIpc) is 3.00. The number of phenolic OH excluding ortho intramolecular Hbond substituents is 1. The van der Waals surface area contributed by atoms with Gasteiger partial charge in [-0.3, -0.25) is 19.3 Å². The van der Waals surface area contributed by atoms with Crippen molar-refractivity contribution in [1.29, 1.82) is 0 Å². The minimum absolute atomic E-state index is 0.00674. The van der Waals surface area contributed by atoms with Gasteiger partial charge in [0.15, 0.2) is 0 Å². The van der Waals surface area contributed by atoms with E-state index in [2.05, 4.69) is 10.6 Å². The van der Waals surface area contributed by atoms with Crippen LogP contribution < -0.4 is 10.6 Å². The first-order chi connectivity index (χ1) is 15.3. The molecule has 1 aliphatic carbocycles. The number of imide groups is 1. The second kappa shape index (κ2) is 9.22. The van der Waals surface area contributed by atoms with Gasteiger partial charge in [-0.1, -0.05) is 48.5 Å². The average molecular weight is 474 g/mol. The Hall–Kier alpha value is -3.03. The van der Waals surface area contributed by atoms with Crippen LogP contribution in [0.2, 0.25) is 5.02 Å². The predicted octanol–water partition coefficient (Wildman–Crippen LogP) is 4.86. The van der Waals surface area contributed by atoms with E-state index >= 15 is 0 Å². The maximum absolute atomic E-state index is 12.9. The van der Waals surface area contributed by atoms with Crippen molar-refractivity contribution in [2.75, 3.05) is 10.6 Å². The molecule has 9 heteroatoms. The van der Waals surface area contributed by atoms with Crippen molar-refractivity contribution in [3.8, 4) is 5.75 Å². The smallest absolute Gasteiger partial charge is 0.279 e. The van der Waals surface area contributed by atoms with Crippen LogP contribution >= 0.6 is 23.2 Å². The van der Waals surface area contributed by atoms with Gasteiger partial charge in [-0.2, -0.15) is 0 Å². The quantitative estimate of drug-likeness (QED) is 0.425. The minimum Gasteiger partial charge on any atom is -0.506 e. The summed E-state index contributed by atoms with van der Waals surface area (Å²) in [4.78, 5) is 39.5. The van der Waals surface area contributed by atoms with Crippen LogP contribution in [-0.2, 0) is 9.59 Å². The maximum Gasteiger partial charge on any atom is 0.279 e. The Kier molecular flexibility index (Phi) is 6.39. The lowest BCUT2D eigenvalue weighted by Crippen LogP contribution is -2.42.